The largest absolute Gasteiger partial charge is 0.350 e. The Hall–Kier alpha value is -0.610. The van der Waals surface area contributed by atoms with Gasteiger partial charge in [0.25, 0.3) is 0 Å². The van der Waals surface area contributed by atoms with Crippen LogP contribution in [0.3, 0.4) is 0 Å². The number of hydroxylamine groups is 1. The fraction of sp³-hybridized carbons (Fsp3) is 0.889. The summed E-state index contributed by atoms with van der Waals surface area (Å²) in [6.45, 7) is 10.0. The monoisotopic (exact) mass is 188 g/mol. The first-order chi connectivity index (χ1) is 5.87. The van der Waals surface area contributed by atoms with Gasteiger partial charge in [0.1, 0.15) is 6.04 Å². The van der Waals surface area contributed by atoms with Crippen LogP contribution in [0.5, 0.6) is 0 Å². The maximum atomic E-state index is 11.4. The first-order valence-electron chi connectivity index (χ1n) is 4.56. The van der Waals surface area contributed by atoms with Crippen molar-refractivity contribution in [3.8, 4) is 0 Å². The first-order valence-corrected chi connectivity index (χ1v) is 4.56. The smallest absolute Gasteiger partial charge is 0.239 e. The maximum absolute atomic E-state index is 11.4. The second-order valence-electron chi connectivity index (χ2n) is 4.01. The Bertz CT molecular complexity index is 163. The summed E-state index contributed by atoms with van der Waals surface area (Å²) in [7, 11) is 0. The predicted molar refractivity (Wildman–Crippen MR) is 52.1 cm³/mol. The maximum Gasteiger partial charge on any atom is 0.239 e. The number of nitrogens with one attached hydrogen (secondary N) is 2. The van der Waals surface area contributed by atoms with Crippen LogP contribution in [0.25, 0.3) is 0 Å². The van der Waals surface area contributed by atoms with E-state index in [9.17, 15) is 4.79 Å². The molecule has 0 aromatic carbocycles. The second-order valence-corrected chi connectivity index (χ2v) is 4.01. The quantitative estimate of drug-likeness (QED) is 0.642. The van der Waals surface area contributed by atoms with Crippen molar-refractivity contribution < 1.29 is 9.63 Å². The van der Waals surface area contributed by atoms with Crippen molar-refractivity contribution >= 4 is 5.91 Å². The molecule has 0 heterocycles. The molecule has 0 spiro atoms. The van der Waals surface area contributed by atoms with Crippen molar-refractivity contribution in [1.29, 1.82) is 0 Å². The predicted octanol–water partition coefficient (Wildman–Crippen LogP) is 0.831. The SMILES string of the molecule is CCONC(C)C(=O)NC(C)(C)C. The lowest BCUT2D eigenvalue weighted by molar-refractivity contribution is -0.128. The van der Waals surface area contributed by atoms with E-state index in [0.717, 1.165) is 0 Å². The highest BCUT2D eigenvalue weighted by Gasteiger charge is 2.18. The molecule has 0 bridgehead atoms. The molecule has 0 aliphatic rings. The van der Waals surface area contributed by atoms with E-state index >= 15 is 0 Å². The summed E-state index contributed by atoms with van der Waals surface area (Å²) >= 11 is 0. The van der Waals surface area contributed by atoms with Gasteiger partial charge in [-0.3, -0.25) is 4.79 Å². The van der Waals surface area contributed by atoms with Gasteiger partial charge >= 0.3 is 0 Å². The molecule has 1 unspecified atom stereocenters. The van der Waals surface area contributed by atoms with Crippen molar-refractivity contribution in [1.82, 2.24) is 10.8 Å². The summed E-state index contributed by atoms with van der Waals surface area (Å²) < 4.78 is 0. The topological polar surface area (TPSA) is 50.4 Å². The minimum atomic E-state index is -0.320. The third-order valence-corrected chi connectivity index (χ3v) is 1.30. The standard InChI is InChI=1S/C9H20N2O2/c1-6-13-11-7(2)8(12)10-9(3,4)5/h7,11H,6H2,1-5H3,(H,10,12). The van der Waals surface area contributed by atoms with Gasteiger partial charge in [-0.2, -0.15) is 5.48 Å². The van der Waals surface area contributed by atoms with E-state index < -0.39 is 0 Å². The normalized spacial score (nSPS) is 13.9. The lowest BCUT2D eigenvalue weighted by Gasteiger charge is -2.23. The fourth-order valence-electron chi connectivity index (χ4n) is 0.740. The van der Waals surface area contributed by atoms with Gasteiger partial charge in [-0.05, 0) is 34.6 Å². The van der Waals surface area contributed by atoms with E-state index in [4.69, 9.17) is 4.84 Å². The van der Waals surface area contributed by atoms with Gasteiger partial charge in [0.05, 0.1) is 6.61 Å². The van der Waals surface area contributed by atoms with Gasteiger partial charge in [-0.1, -0.05) is 0 Å². The summed E-state index contributed by atoms with van der Waals surface area (Å²) in [6, 6.07) is -0.320. The summed E-state index contributed by atoms with van der Waals surface area (Å²) in [5.74, 6) is -0.0547. The Kier molecular flexibility index (Phi) is 4.95. The van der Waals surface area contributed by atoms with E-state index in [0.29, 0.717) is 6.61 Å². The molecule has 0 aliphatic heterocycles. The van der Waals surface area contributed by atoms with Crippen LogP contribution in [0.4, 0.5) is 0 Å². The number of amides is 1. The van der Waals surface area contributed by atoms with Gasteiger partial charge in [0, 0.05) is 5.54 Å². The summed E-state index contributed by atoms with van der Waals surface area (Å²) in [5.41, 5.74) is 2.45. The van der Waals surface area contributed by atoms with Gasteiger partial charge in [0.15, 0.2) is 0 Å². The fourth-order valence-corrected chi connectivity index (χ4v) is 0.740. The average molecular weight is 188 g/mol. The molecule has 0 aromatic heterocycles. The minimum Gasteiger partial charge on any atom is -0.350 e. The average Bonchev–Trinajstić information content (AvgIpc) is 1.96. The molecule has 0 aliphatic carbocycles. The molecule has 13 heavy (non-hydrogen) atoms. The molecule has 78 valence electrons. The van der Waals surface area contributed by atoms with Crippen LogP contribution in [0.1, 0.15) is 34.6 Å². The van der Waals surface area contributed by atoms with Crippen molar-refractivity contribution in [3.05, 3.63) is 0 Å². The number of carbonyl (C=O) groups is 1. The molecule has 1 amide bonds. The highest BCUT2D eigenvalue weighted by Crippen LogP contribution is 1.99. The lowest BCUT2D eigenvalue weighted by Crippen LogP contribution is -2.49. The van der Waals surface area contributed by atoms with E-state index in [1.165, 1.54) is 0 Å². The van der Waals surface area contributed by atoms with E-state index in [1.54, 1.807) is 6.92 Å². The van der Waals surface area contributed by atoms with Crippen LogP contribution in [-0.2, 0) is 9.63 Å². The van der Waals surface area contributed by atoms with Crippen molar-refractivity contribution in [2.45, 2.75) is 46.2 Å². The van der Waals surface area contributed by atoms with Gasteiger partial charge < -0.3 is 10.2 Å². The van der Waals surface area contributed by atoms with Crippen LogP contribution in [0.2, 0.25) is 0 Å². The van der Waals surface area contributed by atoms with E-state index in [1.807, 2.05) is 27.7 Å². The number of hydrogen-bond donors (Lipinski definition) is 2. The molecule has 0 saturated carbocycles. The molecule has 0 rings (SSSR count). The van der Waals surface area contributed by atoms with E-state index in [2.05, 4.69) is 10.8 Å². The molecule has 4 nitrogen and oxygen atoms in total. The number of carbonyl (C=O) groups excluding carboxylic acids is 1. The molecule has 0 aromatic rings. The zero-order valence-electron chi connectivity index (χ0n) is 9.10. The molecule has 4 heteroatoms. The van der Waals surface area contributed by atoms with Crippen LogP contribution in [0.15, 0.2) is 0 Å². The molecular weight excluding hydrogens is 168 g/mol. The van der Waals surface area contributed by atoms with Gasteiger partial charge in [-0.25, -0.2) is 0 Å². The van der Waals surface area contributed by atoms with Crippen LogP contribution < -0.4 is 10.8 Å². The Morgan fingerprint density at radius 3 is 2.38 bits per heavy atom. The highest BCUT2D eigenvalue weighted by atomic mass is 16.6. The Balaban J connectivity index is 3.83. The van der Waals surface area contributed by atoms with Crippen LogP contribution in [-0.4, -0.2) is 24.1 Å². The first kappa shape index (κ1) is 12.4. The zero-order valence-corrected chi connectivity index (χ0v) is 9.10. The molecular formula is C9H20N2O2. The number of hydrogen-bond acceptors (Lipinski definition) is 3. The molecule has 0 fully saturated rings. The summed E-state index contributed by atoms with van der Waals surface area (Å²) in [4.78, 5) is 16.3. The summed E-state index contributed by atoms with van der Waals surface area (Å²) in [5, 5.41) is 2.85. The van der Waals surface area contributed by atoms with Gasteiger partial charge in [-0.15, -0.1) is 0 Å². The second kappa shape index (κ2) is 5.19. The summed E-state index contributed by atoms with van der Waals surface area (Å²) in [6.07, 6.45) is 0. The molecule has 0 radical (unpaired) electrons. The third kappa shape index (κ3) is 6.54. The van der Waals surface area contributed by atoms with E-state index in [-0.39, 0.29) is 17.5 Å². The van der Waals surface area contributed by atoms with Crippen LogP contribution in [0, 0.1) is 0 Å². The Morgan fingerprint density at radius 1 is 1.46 bits per heavy atom. The molecule has 1 atom stereocenters. The number of rotatable bonds is 4. The Labute approximate surface area is 80.0 Å². The highest BCUT2D eigenvalue weighted by molar-refractivity contribution is 5.81. The minimum absolute atomic E-state index is 0.0547. The van der Waals surface area contributed by atoms with Crippen molar-refractivity contribution in [3.63, 3.8) is 0 Å². The molecule has 0 saturated heterocycles. The molecule has 2 N–H and O–H groups in total. The zero-order chi connectivity index (χ0) is 10.5. The van der Waals surface area contributed by atoms with Crippen molar-refractivity contribution in [2.75, 3.05) is 6.61 Å². The van der Waals surface area contributed by atoms with Crippen molar-refractivity contribution in [2.24, 2.45) is 0 Å². The third-order valence-electron chi connectivity index (χ3n) is 1.30. The Morgan fingerprint density at radius 2 is 2.00 bits per heavy atom. The van der Waals surface area contributed by atoms with Crippen LogP contribution >= 0.6 is 0 Å². The lowest BCUT2D eigenvalue weighted by atomic mass is 10.1. The van der Waals surface area contributed by atoms with Gasteiger partial charge in [0.2, 0.25) is 5.91 Å².